The van der Waals surface area contributed by atoms with Crippen molar-refractivity contribution in [3.05, 3.63) is 37.8 Å². The van der Waals surface area contributed by atoms with E-state index in [1.165, 1.54) is 6.07 Å². The van der Waals surface area contributed by atoms with Crippen molar-refractivity contribution >= 4 is 33.2 Å². The second-order valence-corrected chi connectivity index (χ2v) is 3.74. The molecular formula is C8H7BrClNO2. The summed E-state index contributed by atoms with van der Waals surface area (Å²) in [5.74, 6) is 0.292. The normalized spacial score (nSPS) is 10.1. The van der Waals surface area contributed by atoms with Crippen LogP contribution in [0, 0.1) is 17.0 Å². The van der Waals surface area contributed by atoms with Gasteiger partial charge in [0, 0.05) is 11.9 Å². The summed E-state index contributed by atoms with van der Waals surface area (Å²) >= 11 is 8.75. The van der Waals surface area contributed by atoms with Crippen molar-refractivity contribution < 1.29 is 4.92 Å². The van der Waals surface area contributed by atoms with Crippen molar-refractivity contribution in [2.45, 2.75) is 12.8 Å². The number of nitrogens with zero attached hydrogens (tertiary/aromatic N) is 1. The van der Waals surface area contributed by atoms with E-state index in [0.29, 0.717) is 10.4 Å². The van der Waals surface area contributed by atoms with Gasteiger partial charge in [-0.15, -0.1) is 11.6 Å². The fraction of sp³-hybridized carbons (Fsp3) is 0.250. The van der Waals surface area contributed by atoms with Gasteiger partial charge >= 0.3 is 0 Å². The molecule has 13 heavy (non-hydrogen) atoms. The van der Waals surface area contributed by atoms with E-state index in [-0.39, 0.29) is 5.69 Å². The summed E-state index contributed by atoms with van der Waals surface area (Å²) in [7, 11) is 0. The second-order valence-electron chi connectivity index (χ2n) is 2.62. The zero-order valence-corrected chi connectivity index (χ0v) is 9.22. The predicted molar refractivity (Wildman–Crippen MR) is 55.1 cm³/mol. The van der Waals surface area contributed by atoms with Gasteiger partial charge in [-0.1, -0.05) is 0 Å². The van der Waals surface area contributed by atoms with Crippen LogP contribution < -0.4 is 0 Å². The van der Waals surface area contributed by atoms with Gasteiger partial charge in [0.1, 0.15) is 0 Å². The van der Waals surface area contributed by atoms with Crippen molar-refractivity contribution in [1.29, 1.82) is 0 Å². The average molecular weight is 265 g/mol. The molecule has 1 aromatic carbocycles. The molecule has 0 bridgehead atoms. The summed E-state index contributed by atoms with van der Waals surface area (Å²) in [6.45, 7) is 1.87. The predicted octanol–water partition coefficient (Wildman–Crippen LogP) is 3.40. The summed E-state index contributed by atoms with van der Waals surface area (Å²) in [6.07, 6.45) is 0. The van der Waals surface area contributed by atoms with E-state index in [9.17, 15) is 10.1 Å². The van der Waals surface area contributed by atoms with Gasteiger partial charge in [-0.2, -0.15) is 0 Å². The van der Waals surface area contributed by atoms with Crippen LogP contribution in [0.15, 0.2) is 16.6 Å². The van der Waals surface area contributed by atoms with Crippen LogP contribution in [0.1, 0.15) is 11.1 Å². The van der Waals surface area contributed by atoms with Gasteiger partial charge in [-0.05, 0) is 40.0 Å². The highest BCUT2D eigenvalue weighted by Gasteiger charge is 2.13. The molecule has 0 heterocycles. The van der Waals surface area contributed by atoms with E-state index in [0.717, 1.165) is 11.1 Å². The molecule has 0 spiro atoms. The first-order valence-corrected chi connectivity index (χ1v) is 4.88. The highest BCUT2D eigenvalue weighted by atomic mass is 79.9. The van der Waals surface area contributed by atoms with Crippen molar-refractivity contribution in [2.75, 3.05) is 0 Å². The van der Waals surface area contributed by atoms with Gasteiger partial charge in [0.25, 0.3) is 5.69 Å². The minimum atomic E-state index is -0.431. The molecule has 0 atom stereocenters. The first kappa shape index (κ1) is 10.5. The fourth-order valence-corrected chi connectivity index (χ4v) is 1.88. The standard InChI is InChI=1S/C8H7BrClNO2/c1-5-2-7(9)8(11(12)13)3-6(5)4-10/h2-3H,4H2,1H3. The molecule has 3 nitrogen and oxygen atoms in total. The Labute approximate surface area is 89.0 Å². The van der Waals surface area contributed by atoms with Gasteiger partial charge in [0.15, 0.2) is 0 Å². The van der Waals surface area contributed by atoms with Crippen LogP contribution >= 0.6 is 27.5 Å². The molecular weight excluding hydrogens is 257 g/mol. The third-order valence-electron chi connectivity index (χ3n) is 1.75. The van der Waals surface area contributed by atoms with Gasteiger partial charge in [-0.25, -0.2) is 0 Å². The van der Waals surface area contributed by atoms with Crippen LogP contribution in [-0.4, -0.2) is 4.92 Å². The molecule has 0 aliphatic carbocycles. The Morgan fingerprint density at radius 3 is 2.69 bits per heavy atom. The average Bonchev–Trinajstić information content (AvgIpc) is 2.03. The van der Waals surface area contributed by atoms with Crippen molar-refractivity contribution in [2.24, 2.45) is 0 Å². The third-order valence-corrected chi connectivity index (χ3v) is 2.67. The van der Waals surface area contributed by atoms with Crippen LogP contribution in [0.2, 0.25) is 0 Å². The van der Waals surface area contributed by atoms with E-state index in [2.05, 4.69) is 15.9 Å². The largest absolute Gasteiger partial charge is 0.283 e. The summed E-state index contributed by atoms with van der Waals surface area (Å²) < 4.78 is 0.490. The van der Waals surface area contributed by atoms with Crippen molar-refractivity contribution in [3.63, 3.8) is 0 Å². The number of alkyl halides is 1. The van der Waals surface area contributed by atoms with E-state index < -0.39 is 4.92 Å². The maximum atomic E-state index is 10.5. The molecule has 1 rings (SSSR count). The van der Waals surface area contributed by atoms with Gasteiger partial charge < -0.3 is 0 Å². The Kier molecular flexibility index (Phi) is 3.27. The number of nitro benzene ring substituents is 1. The Hall–Kier alpha value is -0.610. The summed E-state index contributed by atoms with van der Waals surface area (Å²) in [4.78, 5) is 10.1. The lowest BCUT2D eigenvalue weighted by atomic mass is 10.1. The van der Waals surface area contributed by atoms with Crippen LogP contribution in [0.3, 0.4) is 0 Å². The molecule has 0 aliphatic rings. The lowest BCUT2D eigenvalue weighted by Gasteiger charge is -2.02. The van der Waals surface area contributed by atoms with E-state index in [4.69, 9.17) is 11.6 Å². The van der Waals surface area contributed by atoms with E-state index >= 15 is 0 Å². The number of aryl methyl sites for hydroxylation is 1. The number of rotatable bonds is 2. The topological polar surface area (TPSA) is 43.1 Å². The first-order valence-electron chi connectivity index (χ1n) is 3.55. The number of hydrogen-bond acceptors (Lipinski definition) is 2. The molecule has 0 saturated heterocycles. The summed E-state index contributed by atoms with van der Waals surface area (Å²) in [5, 5.41) is 10.5. The molecule has 0 saturated carbocycles. The second kappa shape index (κ2) is 4.07. The maximum Gasteiger partial charge on any atom is 0.283 e. The molecule has 70 valence electrons. The van der Waals surface area contributed by atoms with E-state index in [1.807, 2.05) is 6.92 Å². The zero-order chi connectivity index (χ0) is 10.0. The molecule has 5 heteroatoms. The van der Waals surface area contributed by atoms with Gasteiger partial charge in [0.2, 0.25) is 0 Å². The molecule has 0 aliphatic heterocycles. The maximum absolute atomic E-state index is 10.5. The third kappa shape index (κ3) is 2.19. The van der Waals surface area contributed by atoms with Crippen LogP contribution in [0.4, 0.5) is 5.69 Å². The first-order chi connectivity index (χ1) is 6.06. The van der Waals surface area contributed by atoms with Gasteiger partial charge in [0.05, 0.1) is 9.40 Å². The molecule has 0 aromatic heterocycles. The van der Waals surface area contributed by atoms with Crippen molar-refractivity contribution in [3.8, 4) is 0 Å². The molecule has 0 fully saturated rings. The fourth-order valence-electron chi connectivity index (χ4n) is 0.988. The monoisotopic (exact) mass is 263 g/mol. The van der Waals surface area contributed by atoms with Gasteiger partial charge in [-0.3, -0.25) is 10.1 Å². The van der Waals surface area contributed by atoms with Crippen LogP contribution in [0.25, 0.3) is 0 Å². The lowest BCUT2D eigenvalue weighted by Crippen LogP contribution is -1.93. The SMILES string of the molecule is Cc1cc(Br)c([N+](=O)[O-])cc1CCl. The smallest absolute Gasteiger partial charge is 0.258 e. The number of hydrogen-bond donors (Lipinski definition) is 0. The highest BCUT2D eigenvalue weighted by Crippen LogP contribution is 2.28. The lowest BCUT2D eigenvalue weighted by molar-refractivity contribution is -0.385. The van der Waals surface area contributed by atoms with Crippen LogP contribution in [-0.2, 0) is 5.88 Å². The minimum absolute atomic E-state index is 0.0567. The molecule has 1 aromatic rings. The number of benzene rings is 1. The highest BCUT2D eigenvalue weighted by molar-refractivity contribution is 9.10. The van der Waals surface area contributed by atoms with Crippen molar-refractivity contribution in [1.82, 2.24) is 0 Å². The Balaban J connectivity index is 3.30. The molecule has 0 N–H and O–H groups in total. The molecule has 0 amide bonds. The Bertz CT molecular complexity index is 354. The zero-order valence-electron chi connectivity index (χ0n) is 6.88. The Morgan fingerprint density at radius 1 is 1.62 bits per heavy atom. The van der Waals surface area contributed by atoms with Crippen LogP contribution in [0.5, 0.6) is 0 Å². The minimum Gasteiger partial charge on any atom is -0.258 e. The summed E-state index contributed by atoms with van der Waals surface area (Å²) in [6, 6.07) is 3.20. The Morgan fingerprint density at radius 2 is 2.23 bits per heavy atom. The number of nitro groups is 1. The molecule has 0 radical (unpaired) electrons. The summed E-state index contributed by atoms with van der Waals surface area (Å²) in [5.41, 5.74) is 1.80. The quantitative estimate of drug-likeness (QED) is 0.467. The molecule has 0 unspecified atom stereocenters. The van der Waals surface area contributed by atoms with E-state index in [1.54, 1.807) is 6.07 Å². The number of halogens is 2.